The first-order valence-corrected chi connectivity index (χ1v) is 10.7. The average molecular weight is 439 g/mol. The van der Waals surface area contributed by atoms with Gasteiger partial charge in [0.15, 0.2) is 0 Å². The van der Waals surface area contributed by atoms with E-state index in [0.29, 0.717) is 53.8 Å². The van der Waals surface area contributed by atoms with E-state index in [4.69, 9.17) is 10.00 Å². The van der Waals surface area contributed by atoms with Crippen LogP contribution in [0.2, 0.25) is 0 Å². The first kappa shape index (κ1) is 22.2. The summed E-state index contributed by atoms with van der Waals surface area (Å²) in [6.07, 6.45) is 0. The number of nitrogens with zero attached hydrogens (tertiary/aromatic N) is 5. The Bertz CT molecular complexity index is 1060. The largest absolute Gasteiger partial charge is 0.462 e. The average Bonchev–Trinajstić information content (AvgIpc) is 3.21. The Morgan fingerprint density at radius 1 is 1.23 bits per heavy atom. The predicted octanol–water partition coefficient (Wildman–Crippen LogP) is 2.13. The molecule has 3 heterocycles. The fourth-order valence-corrected chi connectivity index (χ4v) is 4.04. The number of rotatable bonds is 6. The van der Waals surface area contributed by atoms with Crippen LogP contribution in [0.15, 0.2) is 17.5 Å². The quantitative estimate of drug-likeness (QED) is 0.681. The van der Waals surface area contributed by atoms with E-state index in [2.05, 4.69) is 22.4 Å². The van der Waals surface area contributed by atoms with Crippen LogP contribution in [0.4, 0.5) is 10.8 Å². The highest BCUT2D eigenvalue weighted by molar-refractivity contribution is 7.14. The minimum atomic E-state index is -0.507. The van der Waals surface area contributed by atoms with Gasteiger partial charge in [-0.05, 0) is 31.4 Å². The normalized spacial score (nSPS) is 13.9. The van der Waals surface area contributed by atoms with Crippen molar-refractivity contribution in [1.82, 2.24) is 9.88 Å². The third-order valence-electron chi connectivity index (χ3n) is 4.89. The number of esters is 1. The van der Waals surface area contributed by atoms with Crippen molar-refractivity contribution in [3.8, 4) is 12.1 Å². The highest BCUT2D eigenvalue weighted by Crippen LogP contribution is 2.24. The van der Waals surface area contributed by atoms with Gasteiger partial charge < -0.3 is 15.0 Å². The van der Waals surface area contributed by atoms with Gasteiger partial charge in [0.1, 0.15) is 28.5 Å². The summed E-state index contributed by atoms with van der Waals surface area (Å²) in [5.41, 5.74) is 1.62. The molecule has 1 aliphatic rings. The Kier molecular flexibility index (Phi) is 7.19. The van der Waals surface area contributed by atoms with Crippen LogP contribution in [0.25, 0.3) is 0 Å². The van der Waals surface area contributed by atoms with Gasteiger partial charge in [-0.15, -0.1) is 11.3 Å². The molecule has 3 rings (SSSR count). The monoisotopic (exact) mass is 438 g/mol. The number of carbonyl (C=O) groups is 2. The molecule has 10 heteroatoms. The maximum Gasteiger partial charge on any atom is 0.341 e. The maximum absolute atomic E-state index is 12.4. The molecule has 0 bridgehead atoms. The van der Waals surface area contributed by atoms with E-state index in [-0.39, 0.29) is 24.6 Å². The molecule has 0 saturated carbocycles. The number of aromatic nitrogens is 1. The Balaban J connectivity index is 1.66. The van der Waals surface area contributed by atoms with E-state index in [1.807, 2.05) is 9.80 Å². The van der Waals surface area contributed by atoms with E-state index in [1.165, 1.54) is 17.4 Å². The summed E-state index contributed by atoms with van der Waals surface area (Å²) in [6.45, 7) is 6.25. The van der Waals surface area contributed by atoms with Crippen LogP contribution in [0.3, 0.4) is 0 Å². The number of nitriles is 2. The second-order valence-corrected chi connectivity index (χ2v) is 7.83. The fourth-order valence-electron chi connectivity index (χ4n) is 3.29. The number of pyridine rings is 1. The summed E-state index contributed by atoms with van der Waals surface area (Å²) in [7, 11) is 0. The van der Waals surface area contributed by atoms with E-state index < -0.39 is 5.97 Å². The minimum Gasteiger partial charge on any atom is -0.462 e. The van der Waals surface area contributed by atoms with Gasteiger partial charge in [-0.25, -0.2) is 9.78 Å². The number of hydrogen-bond donors (Lipinski definition) is 1. The maximum atomic E-state index is 12.4. The molecule has 31 heavy (non-hydrogen) atoms. The molecule has 0 aliphatic carbocycles. The minimum absolute atomic E-state index is 0.174. The number of anilines is 2. The molecule has 1 amide bonds. The summed E-state index contributed by atoms with van der Waals surface area (Å²) in [6, 6.07) is 7.32. The zero-order chi connectivity index (χ0) is 22.4. The molecule has 160 valence electrons. The number of nitrogens with one attached hydrogen (secondary N) is 1. The number of amides is 1. The van der Waals surface area contributed by atoms with Gasteiger partial charge in [0, 0.05) is 26.2 Å². The standard InChI is InChI=1S/C21H22N6O3S/c1-3-30-21(29)17-10-16(12-23)14(2)24-19(17)27-7-5-26(6-8-27)13-18(28)25-20-15(11-22)4-9-31-20/h4,9-10H,3,5-8,13H2,1-2H3,(H,25,28). The van der Waals surface area contributed by atoms with Gasteiger partial charge in [-0.3, -0.25) is 9.69 Å². The van der Waals surface area contributed by atoms with Crippen molar-refractivity contribution in [1.29, 1.82) is 10.5 Å². The molecule has 1 saturated heterocycles. The molecule has 2 aromatic heterocycles. The second-order valence-electron chi connectivity index (χ2n) is 6.91. The molecular weight excluding hydrogens is 416 g/mol. The molecular formula is C21H22N6O3S. The Hall–Kier alpha value is -3.47. The predicted molar refractivity (Wildman–Crippen MR) is 116 cm³/mol. The molecule has 0 radical (unpaired) electrons. The van der Waals surface area contributed by atoms with Gasteiger partial charge in [0.05, 0.1) is 30.0 Å². The summed E-state index contributed by atoms with van der Waals surface area (Å²) in [5.74, 6) is -0.184. The molecule has 0 spiro atoms. The van der Waals surface area contributed by atoms with Crippen LogP contribution < -0.4 is 10.2 Å². The van der Waals surface area contributed by atoms with Crippen molar-refractivity contribution in [2.75, 3.05) is 49.5 Å². The van der Waals surface area contributed by atoms with Gasteiger partial charge >= 0.3 is 5.97 Å². The molecule has 1 aliphatic heterocycles. The van der Waals surface area contributed by atoms with Gasteiger partial charge in [-0.1, -0.05) is 0 Å². The van der Waals surface area contributed by atoms with Crippen LogP contribution in [-0.2, 0) is 9.53 Å². The van der Waals surface area contributed by atoms with Crippen LogP contribution in [0, 0.1) is 29.6 Å². The van der Waals surface area contributed by atoms with E-state index in [0.717, 1.165) is 0 Å². The third kappa shape index (κ3) is 5.18. The zero-order valence-electron chi connectivity index (χ0n) is 17.3. The van der Waals surface area contributed by atoms with Crippen molar-refractivity contribution in [2.45, 2.75) is 13.8 Å². The number of piperazine rings is 1. The van der Waals surface area contributed by atoms with Crippen LogP contribution in [0.5, 0.6) is 0 Å². The lowest BCUT2D eigenvalue weighted by Crippen LogP contribution is -2.49. The van der Waals surface area contributed by atoms with Crippen LogP contribution in [-0.4, -0.2) is 61.1 Å². The lowest BCUT2D eigenvalue weighted by Gasteiger charge is -2.35. The molecule has 9 nitrogen and oxygen atoms in total. The highest BCUT2D eigenvalue weighted by atomic mass is 32.1. The smallest absolute Gasteiger partial charge is 0.341 e. The van der Waals surface area contributed by atoms with E-state index in [9.17, 15) is 14.9 Å². The first-order chi connectivity index (χ1) is 15.0. The molecule has 0 atom stereocenters. The Morgan fingerprint density at radius 3 is 2.58 bits per heavy atom. The third-order valence-corrected chi connectivity index (χ3v) is 5.72. The van der Waals surface area contributed by atoms with Crippen molar-refractivity contribution < 1.29 is 14.3 Å². The van der Waals surface area contributed by atoms with E-state index in [1.54, 1.807) is 25.3 Å². The van der Waals surface area contributed by atoms with Gasteiger partial charge in [-0.2, -0.15) is 10.5 Å². The van der Waals surface area contributed by atoms with Crippen LogP contribution >= 0.6 is 11.3 Å². The molecule has 1 N–H and O–H groups in total. The van der Waals surface area contributed by atoms with E-state index >= 15 is 0 Å². The summed E-state index contributed by atoms with van der Waals surface area (Å²) >= 11 is 1.32. The number of aryl methyl sites for hydroxylation is 1. The second kappa shape index (κ2) is 10.0. The first-order valence-electron chi connectivity index (χ1n) is 9.80. The van der Waals surface area contributed by atoms with Gasteiger partial charge in [0.2, 0.25) is 5.91 Å². The van der Waals surface area contributed by atoms with Crippen LogP contribution in [0.1, 0.15) is 34.1 Å². The molecule has 2 aromatic rings. The topological polar surface area (TPSA) is 122 Å². The SMILES string of the molecule is CCOC(=O)c1cc(C#N)c(C)nc1N1CCN(CC(=O)Nc2sccc2C#N)CC1. The van der Waals surface area contributed by atoms with Crippen molar-refractivity contribution >= 4 is 34.0 Å². The van der Waals surface area contributed by atoms with Gasteiger partial charge in [0.25, 0.3) is 0 Å². The fraction of sp³-hybridized carbons (Fsp3) is 0.381. The van der Waals surface area contributed by atoms with Crippen molar-refractivity contribution in [3.05, 3.63) is 39.9 Å². The molecule has 0 unspecified atom stereocenters. The Morgan fingerprint density at radius 2 is 1.94 bits per heavy atom. The lowest BCUT2D eigenvalue weighted by atomic mass is 10.1. The van der Waals surface area contributed by atoms with Crippen molar-refractivity contribution in [2.24, 2.45) is 0 Å². The molecule has 1 fully saturated rings. The lowest BCUT2D eigenvalue weighted by molar-refractivity contribution is -0.117. The number of hydrogen-bond acceptors (Lipinski definition) is 9. The van der Waals surface area contributed by atoms with Crippen molar-refractivity contribution in [3.63, 3.8) is 0 Å². The number of ether oxygens (including phenoxy) is 1. The Labute approximate surface area is 184 Å². The zero-order valence-corrected chi connectivity index (χ0v) is 18.2. The molecule has 0 aromatic carbocycles. The summed E-state index contributed by atoms with van der Waals surface area (Å²) < 4.78 is 5.14. The summed E-state index contributed by atoms with van der Waals surface area (Å²) in [5, 5.41) is 23.5. The highest BCUT2D eigenvalue weighted by Gasteiger charge is 2.26. The summed E-state index contributed by atoms with van der Waals surface area (Å²) in [4.78, 5) is 33.3. The number of thiophene rings is 1. The number of carbonyl (C=O) groups excluding carboxylic acids is 2.